The molecule has 0 radical (unpaired) electrons. The third-order valence-corrected chi connectivity index (χ3v) is 12.0. The van der Waals surface area contributed by atoms with Crippen LogP contribution < -0.4 is 0 Å². The maximum Gasteiger partial charge on any atom is 0.178 e. The number of ether oxygens (including phenoxy) is 4. The second-order valence-electron chi connectivity index (χ2n) is 14.2. The Hall–Kier alpha value is -1.70. The largest absolute Gasteiger partial charge is 0.386 e. The lowest BCUT2D eigenvalue weighted by atomic mass is 9.40. The van der Waals surface area contributed by atoms with E-state index in [0.29, 0.717) is 5.92 Å². The topological polar surface area (TPSA) is 76.2 Å². The van der Waals surface area contributed by atoms with Crippen molar-refractivity contribution in [2.45, 2.75) is 134 Å². The Balaban J connectivity index is 0.00000253. The first-order valence-corrected chi connectivity index (χ1v) is 14.6. The fourth-order valence-corrected chi connectivity index (χ4v) is 9.97. The van der Waals surface area contributed by atoms with Crippen LogP contribution in [0, 0.1) is 11.3 Å². The van der Waals surface area contributed by atoms with Gasteiger partial charge in [0, 0.05) is 27.4 Å². The summed E-state index contributed by atoms with van der Waals surface area (Å²) in [5.74, 6) is 0.501. The number of aromatic amines is 1. The fourth-order valence-electron chi connectivity index (χ4n) is 9.97. The van der Waals surface area contributed by atoms with Gasteiger partial charge in [-0.1, -0.05) is 45.0 Å². The van der Waals surface area contributed by atoms with Crippen molar-refractivity contribution in [2.24, 2.45) is 11.3 Å². The van der Waals surface area contributed by atoms with Crippen molar-refractivity contribution in [2.75, 3.05) is 0 Å². The Morgan fingerprint density at radius 1 is 1.00 bits per heavy atom. The Kier molecular flexibility index (Phi) is 5.22. The van der Waals surface area contributed by atoms with Crippen LogP contribution in [0.25, 0.3) is 10.9 Å². The molecule has 6 nitrogen and oxygen atoms in total. The van der Waals surface area contributed by atoms with Gasteiger partial charge in [-0.3, -0.25) is 0 Å². The second-order valence-corrected chi connectivity index (χ2v) is 14.2. The van der Waals surface area contributed by atoms with Gasteiger partial charge in [-0.05, 0) is 83.4 Å². The van der Waals surface area contributed by atoms with E-state index < -0.39 is 23.1 Å². The number of para-hydroxylation sites is 1. The van der Waals surface area contributed by atoms with Gasteiger partial charge in [-0.25, -0.2) is 0 Å². The van der Waals surface area contributed by atoms with Gasteiger partial charge in [0.05, 0.1) is 11.7 Å². The first kappa shape index (κ1) is 26.2. The number of nitrogens with one attached hydrogen (secondary N) is 1. The first-order chi connectivity index (χ1) is 18.0. The van der Waals surface area contributed by atoms with Crippen LogP contribution in [-0.2, 0) is 30.8 Å². The highest BCUT2D eigenvalue weighted by Gasteiger charge is 2.87. The number of rotatable bonds is 1. The Bertz CT molecular complexity index is 1380. The summed E-state index contributed by atoms with van der Waals surface area (Å²) in [5, 5.41) is 14.4. The van der Waals surface area contributed by atoms with Crippen molar-refractivity contribution in [3.63, 3.8) is 0 Å². The lowest BCUT2D eigenvalue weighted by Gasteiger charge is -2.66. The molecular formula is C33H45NO5. The molecule has 6 heteroatoms. The molecule has 212 valence electrons. The zero-order valence-electron chi connectivity index (χ0n) is 23.5. The van der Waals surface area contributed by atoms with Crippen LogP contribution in [0.2, 0.25) is 0 Å². The van der Waals surface area contributed by atoms with Crippen molar-refractivity contribution >= 4 is 10.9 Å². The number of fused-ring (bicyclic) bond motifs is 9. The number of epoxide rings is 1. The molecule has 3 aliphatic heterocycles. The molecule has 4 heterocycles. The number of aliphatic hydroxyl groups is 1. The highest BCUT2D eigenvalue weighted by Crippen LogP contribution is 2.75. The van der Waals surface area contributed by atoms with Crippen LogP contribution in [-0.4, -0.2) is 57.6 Å². The van der Waals surface area contributed by atoms with E-state index in [1.165, 1.54) is 22.2 Å². The van der Waals surface area contributed by atoms with E-state index in [-0.39, 0.29) is 42.7 Å². The average Bonchev–Trinajstić information content (AvgIpc) is 3.43. The molecule has 3 saturated heterocycles. The van der Waals surface area contributed by atoms with E-state index in [0.717, 1.165) is 37.7 Å². The summed E-state index contributed by atoms with van der Waals surface area (Å²) in [5.41, 5.74) is 2.31. The summed E-state index contributed by atoms with van der Waals surface area (Å²) in [4.78, 5) is 3.84. The second kappa shape index (κ2) is 7.77. The minimum absolute atomic E-state index is 0. The monoisotopic (exact) mass is 535 g/mol. The zero-order valence-corrected chi connectivity index (χ0v) is 23.5. The molecule has 1 aromatic heterocycles. The quantitative estimate of drug-likeness (QED) is 0.349. The average molecular weight is 536 g/mol. The standard InChI is InChI=1S/C32H41NO5.CH4/c1-17(2)15-23-36-24-26(28(3,4)37-23)35-22-12-13-29(5)30(6)18(11-14-31(29,34)32(22)27(24)38-32)16-20-19-9-7-8-10-21(19)33-25(20)30;/h7-10,15,18,22-24,26-27,33-34H,11-14,16H2,1-6H3;1H4. The summed E-state index contributed by atoms with van der Waals surface area (Å²) in [6.45, 7) is 13.1. The van der Waals surface area contributed by atoms with Crippen molar-refractivity contribution in [3.05, 3.63) is 47.2 Å². The lowest BCUT2D eigenvalue weighted by molar-refractivity contribution is -0.343. The minimum Gasteiger partial charge on any atom is -0.386 e. The van der Waals surface area contributed by atoms with Gasteiger partial charge in [0.15, 0.2) is 11.9 Å². The van der Waals surface area contributed by atoms with Gasteiger partial charge in [-0.15, -0.1) is 0 Å². The molecule has 1 spiro atoms. The molecule has 10 atom stereocenters. The van der Waals surface area contributed by atoms with Crippen molar-refractivity contribution in [1.29, 1.82) is 0 Å². The van der Waals surface area contributed by atoms with Crippen LogP contribution in [0.4, 0.5) is 0 Å². The third-order valence-electron chi connectivity index (χ3n) is 12.0. The number of benzene rings is 1. The van der Waals surface area contributed by atoms with E-state index in [9.17, 15) is 5.11 Å². The third kappa shape index (κ3) is 2.86. The van der Waals surface area contributed by atoms with Crippen LogP contribution in [0.5, 0.6) is 0 Å². The van der Waals surface area contributed by atoms with Gasteiger partial charge >= 0.3 is 0 Å². The maximum atomic E-state index is 13.1. The number of H-pyrrole nitrogens is 1. The Labute approximate surface area is 232 Å². The predicted molar refractivity (Wildman–Crippen MR) is 151 cm³/mol. The van der Waals surface area contributed by atoms with E-state index in [1.807, 2.05) is 6.08 Å². The molecule has 2 saturated carbocycles. The van der Waals surface area contributed by atoms with Gasteiger partial charge < -0.3 is 29.0 Å². The summed E-state index contributed by atoms with van der Waals surface area (Å²) in [7, 11) is 0. The molecule has 2 N–H and O–H groups in total. The summed E-state index contributed by atoms with van der Waals surface area (Å²) in [6, 6.07) is 8.67. The van der Waals surface area contributed by atoms with Gasteiger partial charge in [-0.2, -0.15) is 0 Å². The number of hydrogen-bond donors (Lipinski definition) is 2. The van der Waals surface area contributed by atoms with Crippen LogP contribution >= 0.6 is 0 Å². The zero-order chi connectivity index (χ0) is 26.5. The van der Waals surface area contributed by atoms with E-state index in [2.05, 4.69) is 70.8 Å². The number of allylic oxidation sites excluding steroid dienone is 1. The molecule has 5 fully saturated rings. The van der Waals surface area contributed by atoms with Gasteiger partial charge in [0.2, 0.25) is 0 Å². The molecule has 0 bridgehead atoms. The van der Waals surface area contributed by atoms with E-state index in [4.69, 9.17) is 18.9 Å². The Morgan fingerprint density at radius 2 is 1.77 bits per heavy atom. The molecule has 1 aromatic carbocycles. The molecule has 8 rings (SSSR count). The molecule has 2 aromatic rings. The molecule has 39 heavy (non-hydrogen) atoms. The summed E-state index contributed by atoms with van der Waals surface area (Å²) < 4.78 is 26.5. The van der Waals surface area contributed by atoms with Crippen molar-refractivity contribution in [3.8, 4) is 0 Å². The van der Waals surface area contributed by atoms with E-state index >= 15 is 0 Å². The predicted octanol–water partition coefficient (Wildman–Crippen LogP) is 5.95. The molecule has 10 unspecified atom stereocenters. The highest BCUT2D eigenvalue weighted by atomic mass is 16.8. The van der Waals surface area contributed by atoms with Crippen molar-refractivity contribution in [1.82, 2.24) is 4.98 Å². The first-order valence-electron chi connectivity index (χ1n) is 14.6. The number of hydrogen-bond acceptors (Lipinski definition) is 5. The lowest BCUT2D eigenvalue weighted by Crippen LogP contribution is -2.77. The molecular weight excluding hydrogens is 490 g/mol. The molecule has 0 amide bonds. The van der Waals surface area contributed by atoms with Crippen LogP contribution in [0.3, 0.4) is 0 Å². The summed E-state index contributed by atoms with van der Waals surface area (Å²) in [6.07, 6.45) is 5.25. The van der Waals surface area contributed by atoms with E-state index in [1.54, 1.807) is 0 Å². The fraction of sp³-hybridized carbons (Fsp3) is 0.697. The van der Waals surface area contributed by atoms with Crippen molar-refractivity contribution < 1.29 is 24.1 Å². The highest BCUT2D eigenvalue weighted by molar-refractivity contribution is 5.86. The molecule has 3 aliphatic carbocycles. The SMILES string of the molecule is C.CC(C)=CC1OC2C(OC3CCC4(C)C5(C)c6[nH]c7ccccc7c6CC5CCC4(O)C34OC24)C(C)(C)O1. The normalized spacial score (nSPS) is 48.4. The summed E-state index contributed by atoms with van der Waals surface area (Å²) >= 11 is 0. The minimum atomic E-state index is -1.01. The van der Waals surface area contributed by atoms with Gasteiger partial charge in [0.1, 0.15) is 23.9 Å². The Morgan fingerprint density at radius 3 is 2.54 bits per heavy atom. The number of aromatic nitrogens is 1. The molecule has 6 aliphatic rings. The maximum absolute atomic E-state index is 13.1. The van der Waals surface area contributed by atoms with Gasteiger partial charge in [0.25, 0.3) is 0 Å². The van der Waals surface area contributed by atoms with Crippen LogP contribution in [0.1, 0.15) is 85.9 Å². The van der Waals surface area contributed by atoms with Crippen LogP contribution in [0.15, 0.2) is 35.9 Å². The smallest absolute Gasteiger partial charge is 0.178 e.